The minimum absolute atomic E-state index is 0.638. The molecule has 0 aromatic carbocycles. The van der Waals surface area contributed by atoms with Crippen LogP contribution in [0.15, 0.2) is 12.4 Å². The third kappa shape index (κ3) is 2.95. The molecular formula is C10H15BrClN3. The molecular weight excluding hydrogens is 277 g/mol. The van der Waals surface area contributed by atoms with Gasteiger partial charge in [0.05, 0.1) is 17.8 Å². The molecule has 0 N–H and O–H groups in total. The van der Waals surface area contributed by atoms with Gasteiger partial charge in [-0.2, -0.15) is 5.10 Å². The Bertz CT molecular complexity index is 318. The minimum atomic E-state index is 0.638. The third-order valence-corrected chi connectivity index (χ3v) is 4.23. The monoisotopic (exact) mass is 291 g/mol. The molecule has 3 nitrogen and oxygen atoms in total. The molecule has 0 aliphatic carbocycles. The molecule has 0 amide bonds. The van der Waals surface area contributed by atoms with Crippen LogP contribution < -0.4 is 0 Å². The molecule has 1 aromatic rings. The van der Waals surface area contributed by atoms with Crippen LogP contribution in [-0.4, -0.2) is 39.1 Å². The average Bonchev–Trinajstić information content (AvgIpc) is 2.72. The highest BCUT2D eigenvalue weighted by Gasteiger charge is 2.26. The fourth-order valence-electron chi connectivity index (χ4n) is 1.91. The van der Waals surface area contributed by atoms with E-state index >= 15 is 0 Å². The smallest absolute Gasteiger partial charge is 0.0785 e. The quantitative estimate of drug-likeness (QED) is 0.797. The van der Waals surface area contributed by atoms with Crippen molar-refractivity contribution in [2.45, 2.75) is 18.3 Å². The SMILES string of the molecule is CC1CN(CCn2cc(Cl)cn2)CC1Br. The number of hydrogen-bond acceptors (Lipinski definition) is 2. The van der Waals surface area contributed by atoms with Crippen LogP contribution in [0, 0.1) is 5.92 Å². The Balaban J connectivity index is 1.79. The van der Waals surface area contributed by atoms with Crippen molar-refractivity contribution in [1.82, 2.24) is 14.7 Å². The first kappa shape index (κ1) is 11.4. The summed E-state index contributed by atoms with van der Waals surface area (Å²) >= 11 is 9.49. The van der Waals surface area contributed by atoms with Gasteiger partial charge in [-0.3, -0.25) is 4.68 Å². The van der Waals surface area contributed by atoms with Crippen LogP contribution in [0.3, 0.4) is 0 Å². The third-order valence-electron chi connectivity index (χ3n) is 2.84. The zero-order valence-corrected chi connectivity index (χ0v) is 11.1. The van der Waals surface area contributed by atoms with Crippen molar-refractivity contribution in [3.63, 3.8) is 0 Å². The molecule has 1 aliphatic heterocycles. The van der Waals surface area contributed by atoms with E-state index in [1.54, 1.807) is 6.20 Å². The highest BCUT2D eigenvalue weighted by Crippen LogP contribution is 2.22. The average molecular weight is 293 g/mol. The number of rotatable bonds is 3. The Morgan fingerprint density at radius 1 is 1.53 bits per heavy atom. The van der Waals surface area contributed by atoms with Gasteiger partial charge in [0.15, 0.2) is 0 Å². The lowest BCUT2D eigenvalue weighted by Crippen LogP contribution is -2.25. The van der Waals surface area contributed by atoms with E-state index < -0.39 is 0 Å². The first-order valence-corrected chi connectivity index (χ1v) is 6.49. The molecule has 2 unspecified atom stereocenters. The van der Waals surface area contributed by atoms with Gasteiger partial charge >= 0.3 is 0 Å². The van der Waals surface area contributed by atoms with Crippen LogP contribution in [0.4, 0.5) is 0 Å². The van der Waals surface area contributed by atoms with Gasteiger partial charge in [-0.15, -0.1) is 0 Å². The van der Waals surface area contributed by atoms with E-state index in [2.05, 4.69) is 32.9 Å². The maximum absolute atomic E-state index is 5.80. The normalized spacial score (nSPS) is 27.4. The molecule has 1 aliphatic rings. The number of likely N-dealkylation sites (tertiary alicyclic amines) is 1. The van der Waals surface area contributed by atoms with Crippen molar-refractivity contribution in [2.24, 2.45) is 5.92 Å². The van der Waals surface area contributed by atoms with Crippen molar-refractivity contribution < 1.29 is 0 Å². The number of hydrogen-bond donors (Lipinski definition) is 0. The van der Waals surface area contributed by atoms with Crippen molar-refractivity contribution in [1.29, 1.82) is 0 Å². The van der Waals surface area contributed by atoms with E-state index in [9.17, 15) is 0 Å². The van der Waals surface area contributed by atoms with Gasteiger partial charge in [-0.05, 0) is 5.92 Å². The number of nitrogens with zero attached hydrogens (tertiary/aromatic N) is 3. The predicted octanol–water partition coefficient (Wildman–Crippen LogP) is 2.25. The molecule has 1 fully saturated rings. The predicted molar refractivity (Wildman–Crippen MR) is 65.6 cm³/mol. The van der Waals surface area contributed by atoms with Crippen LogP contribution in [-0.2, 0) is 6.54 Å². The van der Waals surface area contributed by atoms with Gasteiger partial charge in [0.1, 0.15) is 0 Å². The van der Waals surface area contributed by atoms with Gasteiger partial charge in [0.25, 0.3) is 0 Å². The second-order valence-electron chi connectivity index (χ2n) is 4.17. The summed E-state index contributed by atoms with van der Waals surface area (Å²) in [5.74, 6) is 0.742. The fourth-order valence-corrected chi connectivity index (χ4v) is 2.64. The van der Waals surface area contributed by atoms with Crippen LogP contribution in [0.2, 0.25) is 5.02 Å². The topological polar surface area (TPSA) is 21.1 Å². The summed E-state index contributed by atoms with van der Waals surface area (Å²) in [6.07, 6.45) is 3.55. The van der Waals surface area contributed by atoms with E-state index in [0.29, 0.717) is 9.85 Å². The molecule has 84 valence electrons. The van der Waals surface area contributed by atoms with Crippen LogP contribution in [0.25, 0.3) is 0 Å². The lowest BCUT2D eigenvalue weighted by molar-refractivity contribution is 0.307. The summed E-state index contributed by atoms with van der Waals surface area (Å²) < 4.78 is 1.90. The lowest BCUT2D eigenvalue weighted by atomic mass is 10.2. The molecule has 1 aromatic heterocycles. The number of alkyl halides is 1. The van der Waals surface area contributed by atoms with E-state index in [1.165, 1.54) is 6.54 Å². The standard InChI is InChI=1S/C10H15BrClN3/c1-8-5-14(7-10(8)11)2-3-15-6-9(12)4-13-15/h4,6,8,10H,2-3,5,7H2,1H3. The summed E-state index contributed by atoms with van der Waals surface area (Å²) in [5.41, 5.74) is 0. The van der Waals surface area contributed by atoms with Crippen molar-refractivity contribution in [3.8, 4) is 0 Å². The molecule has 5 heteroatoms. The lowest BCUT2D eigenvalue weighted by Gasteiger charge is -2.14. The minimum Gasteiger partial charge on any atom is -0.300 e. The summed E-state index contributed by atoms with van der Waals surface area (Å²) in [6, 6.07) is 0. The fraction of sp³-hybridized carbons (Fsp3) is 0.700. The molecule has 0 spiro atoms. The van der Waals surface area contributed by atoms with Gasteiger partial charge in [-0.25, -0.2) is 0 Å². The van der Waals surface area contributed by atoms with Crippen LogP contribution in [0.1, 0.15) is 6.92 Å². The Morgan fingerprint density at radius 2 is 2.33 bits per heavy atom. The molecule has 2 atom stereocenters. The van der Waals surface area contributed by atoms with Gasteiger partial charge in [0.2, 0.25) is 0 Å². The second-order valence-corrected chi connectivity index (χ2v) is 5.79. The molecule has 0 bridgehead atoms. The van der Waals surface area contributed by atoms with Gasteiger partial charge in [0, 0.05) is 30.7 Å². The van der Waals surface area contributed by atoms with E-state index in [-0.39, 0.29) is 0 Å². The van der Waals surface area contributed by atoms with Crippen molar-refractivity contribution >= 4 is 27.5 Å². The van der Waals surface area contributed by atoms with Crippen molar-refractivity contribution in [3.05, 3.63) is 17.4 Å². The Kier molecular flexibility index (Phi) is 3.69. The maximum atomic E-state index is 5.80. The molecule has 1 saturated heterocycles. The molecule has 2 heterocycles. The number of aromatic nitrogens is 2. The summed E-state index contributed by atoms with van der Waals surface area (Å²) in [7, 11) is 0. The zero-order valence-electron chi connectivity index (χ0n) is 8.74. The molecule has 0 radical (unpaired) electrons. The maximum Gasteiger partial charge on any atom is 0.0785 e. The molecule has 2 rings (SSSR count). The Hall–Kier alpha value is -0.0600. The van der Waals surface area contributed by atoms with Crippen LogP contribution >= 0.6 is 27.5 Å². The number of halogens is 2. The van der Waals surface area contributed by atoms with E-state index in [1.807, 2.05) is 10.9 Å². The van der Waals surface area contributed by atoms with Crippen molar-refractivity contribution in [2.75, 3.05) is 19.6 Å². The Morgan fingerprint density at radius 3 is 2.87 bits per heavy atom. The van der Waals surface area contributed by atoms with E-state index in [0.717, 1.165) is 25.6 Å². The molecule has 15 heavy (non-hydrogen) atoms. The van der Waals surface area contributed by atoms with Gasteiger partial charge < -0.3 is 4.90 Å². The van der Waals surface area contributed by atoms with Crippen LogP contribution in [0.5, 0.6) is 0 Å². The largest absolute Gasteiger partial charge is 0.300 e. The highest BCUT2D eigenvalue weighted by atomic mass is 79.9. The summed E-state index contributed by atoms with van der Waals surface area (Å²) in [4.78, 5) is 3.10. The zero-order chi connectivity index (χ0) is 10.8. The van der Waals surface area contributed by atoms with E-state index in [4.69, 9.17) is 11.6 Å². The van der Waals surface area contributed by atoms with Gasteiger partial charge in [-0.1, -0.05) is 34.5 Å². The highest BCUT2D eigenvalue weighted by molar-refractivity contribution is 9.09. The second kappa shape index (κ2) is 4.85. The molecule has 0 saturated carbocycles. The first-order chi connectivity index (χ1) is 7.15. The first-order valence-electron chi connectivity index (χ1n) is 5.19. The summed E-state index contributed by atoms with van der Waals surface area (Å²) in [5, 5.41) is 4.87. The summed E-state index contributed by atoms with van der Waals surface area (Å²) in [6.45, 7) is 6.55. The Labute approximate surface area is 104 Å².